The van der Waals surface area contributed by atoms with E-state index in [4.69, 9.17) is 5.21 Å². The molecule has 0 aromatic heterocycles. The number of likely N-dealkylation sites (N-methyl/N-ethyl adjacent to an activating group) is 2. The molecule has 2 aromatic rings. The van der Waals surface area contributed by atoms with Crippen LogP contribution in [0.1, 0.15) is 27.0 Å². The molecule has 0 radical (unpaired) electrons. The van der Waals surface area contributed by atoms with E-state index in [1.807, 2.05) is 24.3 Å². The topological polar surface area (TPSA) is 131 Å². The number of hydrogen-bond acceptors (Lipinski definition) is 6. The number of hydrogen-bond donors (Lipinski definition) is 4. The highest BCUT2D eigenvalue weighted by molar-refractivity contribution is 6.08. The molecule has 4 N–H and O–H groups in total. The second-order valence-corrected chi connectivity index (χ2v) is 7.99. The normalized spacial score (nSPS) is 14.1. The van der Waals surface area contributed by atoms with Crippen LogP contribution in [-0.4, -0.2) is 78.4 Å². The third-order valence-electron chi connectivity index (χ3n) is 5.52. The summed E-state index contributed by atoms with van der Waals surface area (Å²) in [5.74, 6) is 3.84. The minimum Gasteiger partial charge on any atom is -0.357 e. The van der Waals surface area contributed by atoms with E-state index in [1.54, 1.807) is 24.3 Å². The number of benzene rings is 2. The number of carbonyl (C=O) groups is 4. The van der Waals surface area contributed by atoms with Gasteiger partial charge in [-0.1, -0.05) is 24.0 Å². The zero-order valence-electron chi connectivity index (χ0n) is 19.5. The second kappa shape index (κ2) is 11.8. The highest BCUT2D eigenvalue weighted by Gasteiger charge is 2.33. The van der Waals surface area contributed by atoms with Gasteiger partial charge in [-0.05, 0) is 42.0 Å². The average molecular weight is 478 g/mol. The average Bonchev–Trinajstić information content (AvgIpc) is 2.88. The summed E-state index contributed by atoms with van der Waals surface area (Å²) in [6, 6.07) is 12.7. The molecule has 0 aliphatic carbocycles. The smallest absolute Gasteiger partial charge is 0.275 e. The predicted molar refractivity (Wildman–Crippen MR) is 127 cm³/mol. The van der Waals surface area contributed by atoms with Gasteiger partial charge in [0.25, 0.3) is 17.7 Å². The van der Waals surface area contributed by atoms with Gasteiger partial charge in [-0.25, -0.2) is 5.48 Å². The van der Waals surface area contributed by atoms with E-state index in [2.05, 4.69) is 27.4 Å². The van der Waals surface area contributed by atoms with E-state index in [1.165, 1.54) is 19.6 Å². The molecular weight excluding hydrogens is 450 g/mol. The SMILES string of the molecule is CNC(=O)C(C(=O)NO)N(C)C(=O)c1ccc(C#Cc2ccc(CN3CCNC(=O)C3)cc2)cc1. The van der Waals surface area contributed by atoms with Crippen molar-refractivity contribution in [1.29, 1.82) is 0 Å². The van der Waals surface area contributed by atoms with Gasteiger partial charge in [0.05, 0.1) is 6.54 Å². The van der Waals surface area contributed by atoms with Crippen molar-refractivity contribution < 1.29 is 24.4 Å². The lowest BCUT2D eigenvalue weighted by Gasteiger charge is -2.26. The first-order valence-corrected chi connectivity index (χ1v) is 10.9. The van der Waals surface area contributed by atoms with Gasteiger partial charge in [-0.15, -0.1) is 0 Å². The van der Waals surface area contributed by atoms with E-state index >= 15 is 0 Å². The molecule has 0 bridgehead atoms. The van der Waals surface area contributed by atoms with Crippen LogP contribution in [0.15, 0.2) is 48.5 Å². The van der Waals surface area contributed by atoms with E-state index in [0.717, 1.165) is 22.6 Å². The first-order valence-electron chi connectivity index (χ1n) is 10.9. The molecule has 4 amide bonds. The third kappa shape index (κ3) is 6.66. The Kier molecular flexibility index (Phi) is 8.56. The van der Waals surface area contributed by atoms with Crippen molar-refractivity contribution in [3.05, 3.63) is 70.8 Å². The number of carbonyl (C=O) groups excluding carboxylic acids is 4. The second-order valence-electron chi connectivity index (χ2n) is 7.99. The monoisotopic (exact) mass is 477 g/mol. The van der Waals surface area contributed by atoms with Crippen LogP contribution in [0.2, 0.25) is 0 Å². The van der Waals surface area contributed by atoms with Gasteiger partial charge in [0.2, 0.25) is 5.91 Å². The van der Waals surface area contributed by atoms with Crippen molar-refractivity contribution in [2.45, 2.75) is 12.6 Å². The summed E-state index contributed by atoms with van der Waals surface area (Å²) >= 11 is 0. The van der Waals surface area contributed by atoms with Crippen molar-refractivity contribution >= 4 is 23.6 Å². The lowest BCUT2D eigenvalue weighted by Crippen LogP contribution is -2.54. The molecule has 1 atom stereocenters. The Hall–Kier alpha value is -4.20. The molecule has 0 saturated carbocycles. The lowest BCUT2D eigenvalue weighted by atomic mass is 10.1. The van der Waals surface area contributed by atoms with Gasteiger partial charge in [-0.2, -0.15) is 0 Å². The number of nitrogens with one attached hydrogen (secondary N) is 3. The molecule has 1 saturated heterocycles. The van der Waals surface area contributed by atoms with Crippen LogP contribution in [-0.2, 0) is 20.9 Å². The summed E-state index contributed by atoms with van der Waals surface area (Å²) in [4.78, 5) is 51.1. The van der Waals surface area contributed by atoms with E-state index in [0.29, 0.717) is 25.2 Å². The maximum Gasteiger partial charge on any atom is 0.275 e. The summed E-state index contributed by atoms with van der Waals surface area (Å²) in [6.07, 6.45) is 0. The van der Waals surface area contributed by atoms with Crippen LogP contribution in [0.3, 0.4) is 0 Å². The lowest BCUT2D eigenvalue weighted by molar-refractivity contribution is -0.140. The van der Waals surface area contributed by atoms with E-state index in [-0.39, 0.29) is 11.5 Å². The molecule has 10 nitrogen and oxygen atoms in total. The first-order chi connectivity index (χ1) is 16.8. The number of rotatable bonds is 6. The summed E-state index contributed by atoms with van der Waals surface area (Å²) in [7, 11) is 2.63. The van der Waals surface area contributed by atoms with Gasteiger partial charge < -0.3 is 15.5 Å². The van der Waals surface area contributed by atoms with Crippen molar-refractivity contribution in [2.75, 3.05) is 33.7 Å². The van der Waals surface area contributed by atoms with Crippen LogP contribution in [0.5, 0.6) is 0 Å². The number of nitrogens with zero attached hydrogens (tertiary/aromatic N) is 2. The summed E-state index contributed by atoms with van der Waals surface area (Å²) in [5, 5.41) is 14.0. The summed E-state index contributed by atoms with van der Waals surface area (Å²) < 4.78 is 0. The van der Waals surface area contributed by atoms with Crippen molar-refractivity contribution in [3.8, 4) is 11.8 Å². The zero-order valence-corrected chi connectivity index (χ0v) is 19.5. The third-order valence-corrected chi connectivity index (χ3v) is 5.52. The summed E-state index contributed by atoms with van der Waals surface area (Å²) in [6.45, 7) is 2.58. The molecule has 0 spiro atoms. The minimum atomic E-state index is -1.52. The highest BCUT2D eigenvalue weighted by Crippen LogP contribution is 2.11. The Morgan fingerprint density at radius 3 is 2.20 bits per heavy atom. The molecule has 10 heteroatoms. The van der Waals surface area contributed by atoms with Gasteiger partial charge in [0.15, 0.2) is 6.04 Å². The quantitative estimate of drug-likeness (QED) is 0.196. The number of amides is 4. The fourth-order valence-electron chi connectivity index (χ4n) is 3.61. The van der Waals surface area contributed by atoms with Crippen LogP contribution >= 0.6 is 0 Å². The molecule has 35 heavy (non-hydrogen) atoms. The van der Waals surface area contributed by atoms with Crippen molar-refractivity contribution in [3.63, 3.8) is 0 Å². The number of hydroxylamine groups is 1. The molecule has 1 unspecified atom stereocenters. The van der Waals surface area contributed by atoms with E-state index < -0.39 is 23.8 Å². The first kappa shape index (κ1) is 25.4. The predicted octanol–water partition coefficient (Wildman–Crippen LogP) is -0.290. The van der Waals surface area contributed by atoms with Gasteiger partial charge >= 0.3 is 0 Å². The van der Waals surface area contributed by atoms with Crippen LogP contribution in [0.25, 0.3) is 0 Å². The fourth-order valence-corrected chi connectivity index (χ4v) is 3.61. The Morgan fingerprint density at radius 1 is 1.06 bits per heavy atom. The molecule has 182 valence electrons. The molecule has 1 heterocycles. The summed E-state index contributed by atoms with van der Waals surface area (Å²) in [5.41, 5.74) is 4.27. The molecule has 2 aromatic carbocycles. The Morgan fingerprint density at radius 2 is 1.66 bits per heavy atom. The van der Waals surface area contributed by atoms with Crippen molar-refractivity contribution in [1.82, 2.24) is 25.9 Å². The molecule has 1 aliphatic rings. The van der Waals surface area contributed by atoms with Gasteiger partial charge in [0.1, 0.15) is 0 Å². The molecule has 3 rings (SSSR count). The Labute approximate surface area is 203 Å². The van der Waals surface area contributed by atoms with Crippen LogP contribution < -0.4 is 16.1 Å². The van der Waals surface area contributed by atoms with Crippen LogP contribution in [0, 0.1) is 11.8 Å². The number of piperazine rings is 1. The largest absolute Gasteiger partial charge is 0.357 e. The van der Waals surface area contributed by atoms with E-state index in [9.17, 15) is 19.2 Å². The Balaban J connectivity index is 1.64. The standard InChI is InChI=1S/C25H27N5O5/c1-26-23(32)22(24(33)28-35)29(2)25(34)20-11-9-18(10-12-20)4-3-17-5-7-19(8-6-17)15-30-14-13-27-21(31)16-30/h5-12,22,35H,13-16H2,1-2H3,(H,26,32)(H,27,31)(H,28,33). The highest BCUT2D eigenvalue weighted by atomic mass is 16.5. The zero-order chi connectivity index (χ0) is 25.4. The van der Waals surface area contributed by atoms with Gasteiger partial charge in [0, 0.05) is 50.4 Å². The van der Waals surface area contributed by atoms with Crippen molar-refractivity contribution in [2.24, 2.45) is 0 Å². The van der Waals surface area contributed by atoms with Gasteiger partial charge in [-0.3, -0.25) is 29.3 Å². The fraction of sp³-hybridized carbons (Fsp3) is 0.280. The van der Waals surface area contributed by atoms with Crippen LogP contribution in [0.4, 0.5) is 0 Å². The molecule has 1 fully saturated rings. The minimum absolute atomic E-state index is 0.0417. The Bertz CT molecular complexity index is 1140. The molecular formula is C25H27N5O5. The maximum absolute atomic E-state index is 12.7. The maximum atomic E-state index is 12.7. The molecule has 1 aliphatic heterocycles.